The number of carbonyl (C=O) groups is 1. The number of carboxylic acids is 1. The standard InChI is InChI=1S/C22H21ClF3N3O3S/c23-17-6-2-15(3-7-17)12-28-21-29(11-1-10-27-13-20(30)31)19(14-33-21)16-4-8-18(9-5-16)32-22(24,25)26/h2-9,14,27H,1,10-13H2,(H,30,31). The Morgan fingerprint density at radius 1 is 1.15 bits per heavy atom. The lowest BCUT2D eigenvalue weighted by Crippen LogP contribution is -2.25. The molecule has 0 aliphatic carbocycles. The zero-order valence-corrected chi connectivity index (χ0v) is 18.9. The van der Waals surface area contributed by atoms with Gasteiger partial charge in [0.05, 0.1) is 18.8 Å². The molecule has 0 fully saturated rings. The number of thiazole rings is 1. The summed E-state index contributed by atoms with van der Waals surface area (Å²) in [6.07, 6.45) is -4.11. The summed E-state index contributed by atoms with van der Waals surface area (Å²) in [7, 11) is 0. The van der Waals surface area contributed by atoms with Crippen molar-refractivity contribution >= 4 is 28.9 Å². The Hall–Kier alpha value is -2.82. The largest absolute Gasteiger partial charge is 0.573 e. The van der Waals surface area contributed by atoms with Crippen molar-refractivity contribution in [3.63, 3.8) is 0 Å². The average molecular weight is 500 g/mol. The second-order valence-electron chi connectivity index (χ2n) is 6.99. The van der Waals surface area contributed by atoms with Gasteiger partial charge in [0, 0.05) is 16.9 Å². The molecule has 0 aliphatic heterocycles. The summed E-state index contributed by atoms with van der Waals surface area (Å²) < 4.78 is 43.3. The molecule has 3 rings (SSSR count). The molecule has 0 aliphatic rings. The van der Waals surface area contributed by atoms with Crippen LogP contribution < -0.4 is 14.9 Å². The van der Waals surface area contributed by atoms with E-state index in [1.165, 1.54) is 23.5 Å². The summed E-state index contributed by atoms with van der Waals surface area (Å²) >= 11 is 7.35. The molecule has 0 unspecified atom stereocenters. The predicted molar refractivity (Wildman–Crippen MR) is 120 cm³/mol. The van der Waals surface area contributed by atoms with E-state index >= 15 is 0 Å². The maximum Gasteiger partial charge on any atom is 0.573 e. The number of alkyl halides is 3. The molecule has 176 valence electrons. The third kappa shape index (κ3) is 7.92. The number of aromatic nitrogens is 1. The van der Waals surface area contributed by atoms with Gasteiger partial charge in [-0.15, -0.1) is 24.5 Å². The minimum atomic E-state index is -4.75. The second kappa shape index (κ2) is 11.4. The van der Waals surface area contributed by atoms with Crippen molar-refractivity contribution in [2.75, 3.05) is 13.1 Å². The van der Waals surface area contributed by atoms with E-state index in [0.29, 0.717) is 36.6 Å². The predicted octanol–water partition coefficient (Wildman–Crippen LogP) is 4.93. The zero-order valence-electron chi connectivity index (χ0n) is 17.3. The number of carboxylic acid groups (broad SMARTS) is 1. The summed E-state index contributed by atoms with van der Waals surface area (Å²) in [5.74, 6) is -1.22. The molecule has 3 aromatic rings. The Morgan fingerprint density at radius 3 is 2.48 bits per heavy atom. The lowest BCUT2D eigenvalue weighted by molar-refractivity contribution is -0.274. The molecule has 0 bridgehead atoms. The molecule has 0 amide bonds. The van der Waals surface area contributed by atoms with Gasteiger partial charge in [-0.3, -0.25) is 9.79 Å². The normalized spacial score (nSPS) is 12.2. The van der Waals surface area contributed by atoms with Gasteiger partial charge in [0.1, 0.15) is 5.75 Å². The maximum atomic E-state index is 12.4. The van der Waals surface area contributed by atoms with Crippen molar-refractivity contribution in [3.8, 4) is 17.0 Å². The second-order valence-corrected chi connectivity index (χ2v) is 8.27. The number of benzene rings is 2. The fourth-order valence-electron chi connectivity index (χ4n) is 3.03. The van der Waals surface area contributed by atoms with Gasteiger partial charge in [0.15, 0.2) is 4.80 Å². The highest BCUT2D eigenvalue weighted by molar-refractivity contribution is 7.07. The minimum absolute atomic E-state index is 0.129. The van der Waals surface area contributed by atoms with Gasteiger partial charge in [-0.05, 0) is 60.5 Å². The minimum Gasteiger partial charge on any atom is -0.480 e. The molecule has 0 saturated carbocycles. The molecule has 1 aromatic heterocycles. The first-order valence-electron chi connectivity index (χ1n) is 9.93. The summed E-state index contributed by atoms with van der Waals surface area (Å²) in [4.78, 5) is 16.1. The summed E-state index contributed by atoms with van der Waals surface area (Å²) in [6, 6.07) is 13.0. The number of ether oxygens (including phenoxy) is 1. The molecule has 2 aromatic carbocycles. The van der Waals surface area contributed by atoms with Gasteiger partial charge < -0.3 is 19.7 Å². The molecule has 0 saturated heterocycles. The van der Waals surface area contributed by atoms with Crippen LogP contribution >= 0.6 is 22.9 Å². The third-order valence-corrected chi connectivity index (χ3v) is 5.66. The molecule has 2 N–H and O–H groups in total. The molecule has 11 heteroatoms. The number of hydrogen-bond donors (Lipinski definition) is 2. The quantitative estimate of drug-likeness (QED) is 0.388. The fraction of sp³-hybridized carbons (Fsp3) is 0.273. The van der Waals surface area contributed by atoms with E-state index in [0.717, 1.165) is 16.1 Å². The van der Waals surface area contributed by atoms with Crippen molar-refractivity contribution in [3.05, 3.63) is 69.3 Å². The monoisotopic (exact) mass is 499 g/mol. The fourth-order valence-corrected chi connectivity index (χ4v) is 4.10. The molecule has 0 spiro atoms. The first-order valence-corrected chi connectivity index (χ1v) is 11.2. The van der Waals surface area contributed by atoms with E-state index in [1.807, 2.05) is 22.1 Å². The van der Waals surface area contributed by atoms with Crippen LogP contribution in [0.3, 0.4) is 0 Å². The van der Waals surface area contributed by atoms with Crippen molar-refractivity contribution in [2.45, 2.75) is 25.9 Å². The van der Waals surface area contributed by atoms with Crippen molar-refractivity contribution in [2.24, 2.45) is 4.99 Å². The Morgan fingerprint density at radius 2 is 1.85 bits per heavy atom. The smallest absolute Gasteiger partial charge is 0.480 e. The molecular weight excluding hydrogens is 479 g/mol. The van der Waals surface area contributed by atoms with Crippen molar-refractivity contribution in [1.29, 1.82) is 0 Å². The number of rotatable bonds is 10. The maximum absolute atomic E-state index is 12.4. The van der Waals surface area contributed by atoms with E-state index in [-0.39, 0.29) is 12.3 Å². The lowest BCUT2D eigenvalue weighted by atomic mass is 10.1. The molecule has 6 nitrogen and oxygen atoms in total. The van der Waals surface area contributed by atoms with E-state index in [2.05, 4.69) is 10.1 Å². The third-order valence-electron chi connectivity index (χ3n) is 4.50. The van der Waals surface area contributed by atoms with Crippen LogP contribution in [0.2, 0.25) is 5.02 Å². The molecule has 1 heterocycles. The first-order chi connectivity index (χ1) is 15.7. The first kappa shape index (κ1) is 24.8. The number of nitrogens with zero attached hydrogens (tertiary/aromatic N) is 2. The summed E-state index contributed by atoms with van der Waals surface area (Å²) in [6.45, 7) is 1.34. The highest BCUT2D eigenvalue weighted by atomic mass is 35.5. The van der Waals surface area contributed by atoms with E-state index in [9.17, 15) is 18.0 Å². The van der Waals surface area contributed by atoms with Crippen LogP contribution in [0.15, 0.2) is 58.9 Å². The van der Waals surface area contributed by atoms with Crippen LogP contribution in [-0.4, -0.2) is 35.1 Å². The van der Waals surface area contributed by atoms with E-state index in [1.54, 1.807) is 24.3 Å². The molecule has 0 atom stereocenters. The topological polar surface area (TPSA) is 75.8 Å². The highest BCUT2D eigenvalue weighted by Crippen LogP contribution is 2.27. The van der Waals surface area contributed by atoms with Crippen molar-refractivity contribution < 1.29 is 27.8 Å². The van der Waals surface area contributed by atoms with Gasteiger partial charge >= 0.3 is 12.3 Å². The zero-order chi connectivity index (χ0) is 23.8. The summed E-state index contributed by atoms with van der Waals surface area (Å²) in [5.41, 5.74) is 2.50. The Labute approximate surface area is 196 Å². The molecule has 33 heavy (non-hydrogen) atoms. The van der Waals surface area contributed by atoms with Crippen LogP contribution in [0.1, 0.15) is 12.0 Å². The van der Waals surface area contributed by atoms with Crippen LogP contribution in [-0.2, 0) is 17.9 Å². The number of hydrogen-bond acceptors (Lipinski definition) is 5. The van der Waals surface area contributed by atoms with E-state index < -0.39 is 12.3 Å². The molecule has 0 radical (unpaired) electrons. The van der Waals surface area contributed by atoms with Crippen LogP contribution in [0.4, 0.5) is 13.2 Å². The SMILES string of the molecule is O=C(O)CNCCCn1c(-c2ccc(OC(F)(F)F)cc2)csc1=NCc1ccc(Cl)cc1. The Balaban J connectivity index is 1.83. The van der Waals surface area contributed by atoms with Gasteiger partial charge in [-0.2, -0.15) is 0 Å². The van der Waals surface area contributed by atoms with Crippen LogP contribution in [0, 0.1) is 0 Å². The average Bonchev–Trinajstić information content (AvgIpc) is 3.15. The van der Waals surface area contributed by atoms with E-state index in [4.69, 9.17) is 21.7 Å². The number of aliphatic carboxylic acids is 1. The van der Waals surface area contributed by atoms with Gasteiger partial charge in [0.25, 0.3) is 0 Å². The molecular formula is C22H21ClF3N3O3S. The number of halogens is 4. The van der Waals surface area contributed by atoms with Gasteiger partial charge in [-0.1, -0.05) is 23.7 Å². The van der Waals surface area contributed by atoms with Crippen molar-refractivity contribution in [1.82, 2.24) is 9.88 Å². The Kier molecular flexibility index (Phi) is 8.54. The van der Waals surface area contributed by atoms with Crippen LogP contribution in [0.25, 0.3) is 11.3 Å². The van der Waals surface area contributed by atoms with Crippen LogP contribution in [0.5, 0.6) is 5.75 Å². The summed E-state index contributed by atoms with van der Waals surface area (Å²) in [5, 5.41) is 14.1. The van der Waals surface area contributed by atoms with Gasteiger partial charge in [0.2, 0.25) is 0 Å². The highest BCUT2D eigenvalue weighted by Gasteiger charge is 2.31. The number of nitrogens with one attached hydrogen (secondary N) is 1. The lowest BCUT2D eigenvalue weighted by Gasteiger charge is -2.11. The Bertz CT molecular complexity index is 1130. The van der Waals surface area contributed by atoms with Gasteiger partial charge in [-0.25, -0.2) is 0 Å².